The van der Waals surface area contributed by atoms with Crippen LogP contribution in [0.2, 0.25) is 0 Å². The summed E-state index contributed by atoms with van der Waals surface area (Å²) in [7, 11) is 3.02. The molecule has 5 nitrogen and oxygen atoms in total. The lowest BCUT2D eigenvalue weighted by Crippen LogP contribution is -2.38. The van der Waals surface area contributed by atoms with E-state index in [1.165, 1.54) is 19.2 Å². The number of carbonyl (C=O) groups is 1. The number of benzene rings is 1. The summed E-state index contributed by atoms with van der Waals surface area (Å²) in [6, 6.07) is 3.95. The molecule has 0 aliphatic carbocycles. The van der Waals surface area contributed by atoms with Crippen LogP contribution < -0.4 is 15.4 Å². The highest BCUT2D eigenvalue weighted by atomic mass is 19.1. The molecule has 0 fully saturated rings. The predicted molar refractivity (Wildman–Crippen MR) is 75.5 cm³/mol. The molecule has 1 unspecified atom stereocenters. The standard InChI is InChI=1S/C14H21FN2O3/c1-10(14(18)16-7-4-8-19-2)17-11-5-6-12(15)13(9-11)20-3/h5-6,9-10,17H,4,7-8H2,1-3H3,(H,16,18). The second kappa shape index (κ2) is 8.37. The van der Waals surface area contributed by atoms with E-state index in [-0.39, 0.29) is 11.7 Å². The number of methoxy groups -OCH3 is 2. The van der Waals surface area contributed by atoms with E-state index in [9.17, 15) is 9.18 Å². The molecule has 112 valence electrons. The molecule has 1 atom stereocenters. The van der Waals surface area contributed by atoms with Gasteiger partial charge in [0.15, 0.2) is 11.6 Å². The molecule has 1 aromatic rings. The van der Waals surface area contributed by atoms with Crippen molar-refractivity contribution in [1.29, 1.82) is 0 Å². The van der Waals surface area contributed by atoms with Crippen molar-refractivity contribution in [3.8, 4) is 5.75 Å². The van der Waals surface area contributed by atoms with Crippen LogP contribution in [0.4, 0.5) is 10.1 Å². The van der Waals surface area contributed by atoms with Crippen LogP contribution in [0.25, 0.3) is 0 Å². The number of rotatable bonds is 8. The highest BCUT2D eigenvalue weighted by Crippen LogP contribution is 2.21. The van der Waals surface area contributed by atoms with Gasteiger partial charge in [-0.1, -0.05) is 0 Å². The Hall–Kier alpha value is -1.82. The van der Waals surface area contributed by atoms with Crippen LogP contribution >= 0.6 is 0 Å². The molecule has 0 heterocycles. The van der Waals surface area contributed by atoms with Gasteiger partial charge in [0.25, 0.3) is 0 Å². The third-order valence-corrected chi connectivity index (χ3v) is 2.75. The quantitative estimate of drug-likeness (QED) is 0.715. The van der Waals surface area contributed by atoms with Crippen molar-refractivity contribution in [2.75, 3.05) is 32.7 Å². The van der Waals surface area contributed by atoms with Crippen molar-refractivity contribution in [2.24, 2.45) is 0 Å². The summed E-state index contributed by atoms with van der Waals surface area (Å²) in [6.07, 6.45) is 0.763. The number of hydrogen-bond acceptors (Lipinski definition) is 4. The summed E-state index contributed by atoms with van der Waals surface area (Å²) in [5.41, 5.74) is 0.628. The zero-order chi connectivity index (χ0) is 15.0. The van der Waals surface area contributed by atoms with Crippen LogP contribution in [0.15, 0.2) is 18.2 Å². The van der Waals surface area contributed by atoms with Gasteiger partial charge in [0, 0.05) is 32.0 Å². The van der Waals surface area contributed by atoms with E-state index in [2.05, 4.69) is 10.6 Å². The van der Waals surface area contributed by atoms with Gasteiger partial charge >= 0.3 is 0 Å². The average molecular weight is 284 g/mol. The van der Waals surface area contributed by atoms with E-state index in [4.69, 9.17) is 9.47 Å². The third-order valence-electron chi connectivity index (χ3n) is 2.75. The summed E-state index contributed by atoms with van der Waals surface area (Å²) >= 11 is 0. The lowest BCUT2D eigenvalue weighted by atomic mass is 10.2. The number of amides is 1. The zero-order valence-electron chi connectivity index (χ0n) is 12.0. The van der Waals surface area contributed by atoms with E-state index in [0.717, 1.165) is 6.42 Å². The molecule has 1 amide bonds. The monoisotopic (exact) mass is 284 g/mol. The molecule has 0 aliphatic rings. The van der Waals surface area contributed by atoms with Crippen molar-refractivity contribution < 1.29 is 18.7 Å². The Morgan fingerprint density at radius 1 is 1.40 bits per heavy atom. The maximum Gasteiger partial charge on any atom is 0.242 e. The number of halogens is 1. The van der Waals surface area contributed by atoms with E-state index in [0.29, 0.717) is 18.8 Å². The molecule has 0 radical (unpaired) electrons. The van der Waals surface area contributed by atoms with E-state index in [1.54, 1.807) is 20.1 Å². The molecule has 0 saturated heterocycles. The van der Waals surface area contributed by atoms with Crippen molar-refractivity contribution in [3.63, 3.8) is 0 Å². The number of anilines is 1. The average Bonchev–Trinajstić information content (AvgIpc) is 2.45. The van der Waals surface area contributed by atoms with Crippen molar-refractivity contribution in [1.82, 2.24) is 5.32 Å². The first-order chi connectivity index (χ1) is 9.58. The topological polar surface area (TPSA) is 59.6 Å². The van der Waals surface area contributed by atoms with Crippen LogP contribution in [-0.2, 0) is 9.53 Å². The van der Waals surface area contributed by atoms with Gasteiger partial charge in [-0.15, -0.1) is 0 Å². The molecule has 1 rings (SSSR count). The molecule has 1 aromatic carbocycles. The molecular formula is C14H21FN2O3. The van der Waals surface area contributed by atoms with Gasteiger partial charge in [-0.05, 0) is 25.5 Å². The van der Waals surface area contributed by atoms with Gasteiger partial charge in [-0.3, -0.25) is 4.79 Å². The maximum absolute atomic E-state index is 13.3. The molecule has 0 spiro atoms. The fourth-order valence-corrected chi connectivity index (χ4v) is 1.65. The van der Waals surface area contributed by atoms with Crippen LogP contribution in [0.3, 0.4) is 0 Å². The number of hydrogen-bond donors (Lipinski definition) is 2. The number of ether oxygens (including phenoxy) is 2. The number of nitrogens with one attached hydrogen (secondary N) is 2. The second-order valence-electron chi connectivity index (χ2n) is 4.35. The predicted octanol–water partition coefficient (Wildman–Crippen LogP) is 1.79. The Balaban J connectivity index is 2.48. The summed E-state index contributed by atoms with van der Waals surface area (Å²) in [5.74, 6) is -0.415. The van der Waals surface area contributed by atoms with Gasteiger partial charge in [-0.2, -0.15) is 0 Å². The first kappa shape index (κ1) is 16.2. The molecule has 0 bridgehead atoms. The van der Waals surface area contributed by atoms with E-state index in [1.807, 2.05) is 0 Å². The van der Waals surface area contributed by atoms with Crippen molar-refractivity contribution in [3.05, 3.63) is 24.0 Å². The van der Waals surface area contributed by atoms with Gasteiger partial charge in [-0.25, -0.2) is 4.39 Å². The van der Waals surface area contributed by atoms with Gasteiger partial charge in [0.05, 0.1) is 7.11 Å². The third kappa shape index (κ3) is 5.05. The lowest BCUT2D eigenvalue weighted by Gasteiger charge is -2.16. The van der Waals surface area contributed by atoms with Crippen LogP contribution in [0.1, 0.15) is 13.3 Å². The van der Waals surface area contributed by atoms with Crippen LogP contribution in [0, 0.1) is 5.82 Å². The van der Waals surface area contributed by atoms with Crippen molar-refractivity contribution >= 4 is 11.6 Å². The van der Waals surface area contributed by atoms with E-state index < -0.39 is 11.9 Å². The molecule has 6 heteroatoms. The fourth-order valence-electron chi connectivity index (χ4n) is 1.65. The summed E-state index contributed by atoms with van der Waals surface area (Å²) < 4.78 is 23.1. The lowest BCUT2D eigenvalue weighted by molar-refractivity contribution is -0.121. The summed E-state index contributed by atoms with van der Waals surface area (Å²) in [4.78, 5) is 11.8. The number of carbonyl (C=O) groups excluding carboxylic acids is 1. The summed E-state index contributed by atoms with van der Waals surface area (Å²) in [5, 5.41) is 5.79. The van der Waals surface area contributed by atoms with Crippen LogP contribution in [0.5, 0.6) is 5.75 Å². The van der Waals surface area contributed by atoms with Crippen LogP contribution in [-0.4, -0.2) is 39.3 Å². The maximum atomic E-state index is 13.3. The summed E-state index contributed by atoms with van der Waals surface area (Å²) in [6.45, 7) is 2.91. The Bertz CT molecular complexity index is 440. The SMILES string of the molecule is COCCCNC(=O)C(C)Nc1ccc(F)c(OC)c1. The normalized spacial score (nSPS) is 11.8. The molecule has 0 aliphatic heterocycles. The minimum absolute atomic E-state index is 0.121. The Morgan fingerprint density at radius 3 is 2.80 bits per heavy atom. The van der Waals surface area contributed by atoms with Gasteiger partial charge in [0.2, 0.25) is 5.91 Å². The smallest absolute Gasteiger partial charge is 0.242 e. The molecule has 0 aromatic heterocycles. The first-order valence-corrected chi connectivity index (χ1v) is 6.45. The van der Waals surface area contributed by atoms with Crippen molar-refractivity contribution in [2.45, 2.75) is 19.4 Å². The highest BCUT2D eigenvalue weighted by Gasteiger charge is 2.13. The van der Waals surface area contributed by atoms with Gasteiger partial charge in [0.1, 0.15) is 6.04 Å². The van der Waals surface area contributed by atoms with E-state index >= 15 is 0 Å². The fraction of sp³-hybridized carbons (Fsp3) is 0.500. The largest absolute Gasteiger partial charge is 0.494 e. The molecule has 0 saturated carbocycles. The Labute approximate surface area is 118 Å². The Kier molecular flexibility index (Phi) is 6.79. The minimum atomic E-state index is -0.435. The Morgan fingerprint density at radius 2 is 2.15 bits per heavy atom. The second-order valence-corrected chi connectivity index (χ2v) is 4.35. The molecular weight excluding hydrogens is 263 g/mol. The zero-order valence-corrected chi connectivity index (χ0v) is 12.0. The first-order valence-electron chi connectivity index (χ1n) is 6.45. The minimum Gasteiger partial charge on any atom is -0.494 e. The highest BCUT2D eigenvalue weighted by molar-refractivity contribution is 5.84. The van der Waals surface area contributed by atoms with Gasteiger partial charge < -0.3 is 20.1 Å². The molecule has 2 N–H and O–H groups in total. The molecule has 20 heavy (non-hydrogen) atoms.